The maximum Gasteiger partial charge on any atom is 0.207 e. The zero-order valence-corrected chi connectivity index (χ0v) is 9.11. The van der Waals surface area contributed by atoms with Crippen molar-refractivity contribution in [2.24, 2.45) is 0 Å². The number of nitrogens with one attached hydrogen (secondary N) is 1. The van der Waals surface area contributed by atoms with Crippen molar-refractivity contribution in [3.05, 3.63) is 23.8 Å². The number of methoxy groups -OCH3 is 2. The molecule has 1 rings (SSSR count). The molecule has 0 aliphatic rings. The molecule has 0 spiro atoms. The fourth-order valence-corrected chi connectivity index (χ4v) is 1.37. The number of carbonyl (C=O) groups is 1. The minimum atomic E-state index is -0.0802. The van der Waals surface area contributed by atoms with Crippen LogP contribution in [0.5, 0.6) is 11.5 Å². The molecule has 1 N–H and O–H groups in total. The first-order chi connectivity index (χ1) is 7.22. The van der Waals surface area contributed by atoms with Gasteiger partial charge in [-0.05, 0) is 19.1 Å². The van der Waals surface area contributed by atoms with Crippen LogP contribution in [0.25, 0.3) is 0 Å². The van der Waals surface area contributed by atoms with E-state index >= 15 is 0 Å². The molecular weight excluding hydrogens is 194 g/mol. The van der Waals surface area contributed by atoms with Crippen molar-refractivity contribution in [3.63, 3.8) is 0 Å². The number of benzene rings is 1. The highest BCUT2D eigenvalue weighted by Crippen LogP contribution is 2.28. The van der Waals surface area contributed by atoms with Gasteiger partial charge >= 0.3 is 0 Å². The van der Waals surface area contributed by atoms with E-state index in [9.17, 15) is 4.79 Å². The maximum absolute atomic E-state index is 10.3. The lowest BCUT2D eigenvalue weighted by Crippen LogP contribution is -2.16. The normalized spacial score (nSPS) is 11.7. The first-order valence-corrected chi connectivity index (χ1v) is 4.64. The molecule has 0 aliphatic heterocycles. The Kier molecular flexibility index (Phi) is 3.97. The van der Waals surface area contributed by atoms with Crippen LogP contribution in [0.15, 0.2) is 18.2 Å². The Balaban J connectivity index is 3.01. The third-order valence-corrected chi connectivity index (χ3v) is 2.23. The van der Waals surface area contributed by atoms with E-state index in [2.05, 4.69) is 5.32 Å². The van der Waals surface area contributed by atoms with Gasteiger partial charge < -0.3 is 14.8 Å². The van der Waals surface area contributed by atoms with Gasteiger partial charge in [-0.15, -0.1) is 0 Å². The molecule has 4 heteroatoms. The minimum absolute atomic E-state index is 0.0802. The second kappa shape index (κ2) is 5.24. The first kappa shape index (κ1) is 11.4. The van der Waals surface area contributed by atoms with Crippen molar-refractivity contribution in [1.29, 1.82) is 0 Å². The molecule has 0 radical (unpaired) electrons. The number of ether oxygens (including phenoxy) is 2. The smallest absolute Gasteiger partial charge is 0.207 e. The Morgan fingerprint density at radius 1 is 1.33 bits per heavy atom. The highest BCUT2D eigenvalue weighted by molar-refractivity contribution is 5.50. The second-order valence-corrected chi connectivity index (χ2v) is 3.11. The van der Waals surface area contributed by atoms with Crippen LogP contribution in [0.1, 0.15) is 18.5 Å². The fraction of sp³-hybridized carbons (Fsp3) is 0.364. The summed E-state index contributed by atoms with van der Waals surface area (Å²) in [5.41, 5.74) is 0.922. The van der Waals surface area contributed by atoms with Gasteiger partial charge in [-0.3, -0.25) is 4.79 Å². The van der Waals surface area contributed by atoms with Crippen LogP contribution >= 0.6 is 0 Å². The summed E-state index contributed by atoms with van der Waals surface area (Å²) in [6.07, 6.45) is 0.675. The van der Waals surface area contributed by atoms with Crippen molar-refractivity contribution in [2.75, 3.05) is 14.2 Å². The SMILES string of the molecule is COc1ccc([C@H](C)NC=O)c(OC)c1. The molecule has 0 heterocycles. The van der Waals surface area contributed by atoms with E-state index in [1.807, 2.05) is 19.1 Å². The molecule has 4 nitrogen and oxygen atoms in total. The molecule has 82 valence electrons. The van der Waals surface area contributed by atoms with Crippen molar-refractivity contribution in [2.45, 2.75) is 13.0 Å². The van der Waals surface area contributed by atoms with Crippen LogP contribution in [0.3, 0.4) is 0 Å². The van der Waals surface area contributed by atoms with Crippen molar-refractivity contribution >= 4 is 6.41 Å². The van der Waals surface area contributed by atoms with Crippen LogP contribution in [0, 0.1) is 0 Å². The number of carbonyl (C=O) groups excluding carboxylic acids is 1. The van der Waals surface area contributed by atoms with Crippen LogP contribution in [-0.2, 0) is 4.79 Å². The standard InChI is InChI=1S/C11H15NO3/c1-8(12-7-13)10-5-4-9(14-2)6-11(10)15-3/h4-8H,1-3H3,(H,12,13)/t8-/m0/s1. The lowest BCUT2D eigenvalue weighted by atomic mass is 10.1. The van der Waals surface area contributed by atoms with E-state index in [-0.39, 0.29) is 6.04 Å². The van der Waals surface area contributed by atoms with Crippen LogP contribution in [-0.4, -0.2) is 20.6 Å². The van der Waals surface area contributed by atoms with Gasteiger partial charge in [-0.1, -0.05) is 0 Å². The average molecular weight is 209 g/mol. The number of hydrogen-bond donors (Lipinski definition) is 1. The van der Waals surface area contributed by atoms with Gasteiger partial charge in [0, 0.05) is 11.6 Å². The summed E-state index contributed by atoms with van der Waals surface area (Å²) in [5.74, 6) is 1.44. The summed E-state index contributed by atoms with van der Waals surface area (Å²) in [6, 6.07) is 5.42. The molecular formula is C11H15NO3. The Bertz CT molecular complexity index is 339. The molecule has 1 amide bonds. The molecule has 0 unspecified atom stereocenters. The highest BCUT2D eigenvalue weighted by Gasteiger charge is 2.11. The second-order valence-electron chi connectivity index (χ2n) is 3.11. The van der Waals surface area contributed by atoms with Gasteiger partial charge in [0.05, 0.1) is 20.3 Å². The van der Waals surface area contributed by atoms with E-state index in [1.54, 1.807) is 20.3 Å². The predicted molar refractivity (Wildman–Crippen MR) is 57.2 cm³/mol. The predicted octanol–water partition coefficient (Wildman–Crippen LogP) is 1.51. The zero-order valence-electron chi connectivity index (χ0n) is 9.11. The minimum Gasteiger partial charge on any atom is -0.497 e. The van der Waals surface area contributed by atoms with Gasteiger partial charge in [-0.25, -0.2) is 0 Å². The molecule has 1 aromatic carbocycles. The number of rotatable bonds is 5. The maximum atomic E-state index is 10.3. The molecule has 1 aromatic rings. The zero-order chi connectivity index (χ0) is 11.3. The fourth-order valence-electron chi connectivity index (χ4n) is 1.37. The summed E-state index contributed by atoms with van der Waals surface area (Å²) in [5, 5.41) is 2.67. The number of amides is 1. The van der Waals surface area contributed by atoms with E-state index < -0.39 is 0 Å². The molecule has 0 saturated carbocycles. The summed E-state index contributed by atoms with van der Waals surface area (Å²) in [7, 11) is 3.19. The molecule has 0 aliphatic carbocycles. The van der Waals surface area contributed by atoms with Gasteiger partial charge in [0.15, 0.2) is 0 Å². The topological polar surface area (TPSA) is 47.6 Å². The van der Waals surface area contributed by atoms with Crippen molar-refractivity contribution < 1.29 is 14.3 Å². The largest absolute Gasteiger partial charge is 0.497 e. The molecule has 0 bridgehead atoms. The third kappa shape index (κ3) is 2.62. The van der Waals surface area contributed by atoms with E-state index in [4.69, 9.17) is 9.47 Å². The lowest BCUT2D eigenvalue weighted by Gasteiger charge is -2.15. The van der Waals surface area contributed by atoms with Gasteiger partial charge in [0.2, 0.25) is 6.41 Å². The van der Waals surface area contributed by atoms with E-state index in [1.165, 1.54) is 0 Å². The van der Waals surface area contributed by atoms with E-state index in [0.29, 0.717) is 12.2 Å². The summed E-state index contributed by atoms with van der Waals surface area (Å²) >= 11 is 0. The molecule has 0 fully saturated rings. The summed E-state index contributed by atoms with van der Waals surface area (Å²) in [4.78, 5) is 10.3. The molecule has 1 atom stereocenters. The summed E-state index contributed by atoms with van der Waals surface area (Å²) < 4.78 is 10.3. The first-order valence-electron chi connectivity index (χ1n) is 4.64. The van der Waals surface area contributed by atoms with Gasteiger partial charge in [0.1, 0.15) is 11.5 Å². The Labute approximate surface area is 89.2 Å². The van der Waals surface area contributed by atoms with Crippen molar-refractivity contribution in [3.8, 4) is 11.5 Å². The molecule has 15 heavy (non-hydrogen) atoms. The lowest BCUT2D eigenvalue weighted by molar-refractivity contribution is -0.110. The van der Waals surface area contributed by atoms with Crippen molar-refractivity contribution in [1.82, 2.24) is 5.32 Å². The Hall–Kier alpha value is -1.71. The third-order valence-electron chi connectivity index (χ3n) is 2.23. The summed E-state index contributed by atoms with van der Waals surface area (Å²) in [6.45, 7) is 1.89. The average Bonchev–Trinajstić information content (AvgIpc) is 2.28. The van der Waals surface area contributed by atoms with Crippen LogP contribution < -0.4 is 14.8 Å². The molecule has 0 saturated heterocycles. The quantitative estimate of drug-likeness (QED) is 0.748. The Morgan fingerprint density at radius 2 is 2.07 bits per heavy atom. The van der Waals surface area contributed by atoms with E-state index in [0.717, 1.165) is 11.3 Å². The highest BCUT2D eigenvalue weighted by atomic mass is 16.5. The number of hydrogen-bond acceptors (Lipinski definition) is 3. The monoisotopic (exact) mass is 209 g/mol. The van der Waals surface area contributed by atoms with Gasteiger partial charge in [0.25, 0.3) is 0 Å². The van der Waals surface area contributed by atoms with Crippen LogP contribution in [0.2, 0.25) is 0 Å². The Morgan fingerprint density at radius 3 is 2.60 bits per heavy atom. The molecule has 0 aromatic heterocycles. The van der Waals surface area contributed by atoms with Gasteiger partial charge in [-0.2, -0.15) is 0 Å². The van der Waals surface area contributed by atoms with Crippen LogP contribution in [0.4, 0.5) is 0 Å².